The molecule has 3 aromatic rings. The van der Waals surface area contributed by atoms with Gasteiger partial charge in [0.2, 0.25) is 0 Å². The highest BCUT2D eigenvalue weighted by Crippen LogP contribution is 2.35. The first-order chi connectivity index (χ1) is 13.2. The van der Waals surface area contributed by atoms with Crippen molar-refractivity contribution in [1.29, 1.82) is 0 Å². The molecular weight excluding hydrogens is 330 g/mol. The van der Waals surface area contributed by atoms with Gasteiger partial charge in [0, 0.05) is 17.8 Å². The van der Waals surface area contributed by atoms with Gasteiger partial charge >= 0.3 is 0 Å². The van der Waals surface area contributed by atoms with Gasteiger partial charge in [0.15, 0.2) is 0 Å². The highest BCUT2D eigenvalue weighted by atomic mass is 16.5. The van der Waals surface area contributed by atoms with E-state index in [4.69, 9.17) is 4.74 Å². The van der Waals surface area contributed by atoms with Crippen LogP contribution in [0.1, 0.15) is 52.9 Å². The largest absolute Gasteiger partial charge is 0.493 e. The Hall–Kier alpha value is -2.61. The quantitative estimate of drug-likeness (QED) is 0.588. The van der Waals surface area contributed by atoms with Crippen LogP contribution in [0.4, 0.5) is 0 Å². The predicted molar refractivity (Wildman–Crippen MR) is 111 cm³/mol. The van der Waals surface area contributed by atoms with Crippen molar-refractivity contribution >= 4 is 0 Å². The molecule has 0 N–H and O–H groups in total. The van der Waals surface area contributed by atoms with Gasteiger partial charge in [-0.1, -0.05) is 43.3 Å². The third-order valence-electron chi connectivity index (χ3n) is 5.59. The molecule has 27 heavy (non-hydrogen) atoms. The predicted octanol–water partition coefficient (Wildman–Crippen LogP) is 5.65. The fourth-order valence-electron chi connectivity index (χ4n) is 4.11. The molecule has 2 aromatic carbocycles. The van der Waals surface area contributed by atoms with E-state index in [1.54, 1.807) is 0 Å². The Labute approximate surface area is 162 Å². The van der Waals surface area contributed by atoms with E-state index >= 15 is 0 Å². The first-order valence-electron chi connectivity index (χ1n) is 9.98. The van der Waals surface area contributed by atoms with Crippen LogP contribution >= 0.6 is 0 Å². The number of pyridine rings is 1. The number of ether oxygens (including phenoxy) is 1. The molecule has 0 fully saturated rings. The van der Waals surface area contributed by atoms with E-state index in [1.807, 2.05) is 13.0 Å². The summed E-state index contributed by atoms with van der Waals surface area (Å²) in [7, 11) is 0. The number of rotatable bonds is 5. The number of aromatic nitrogens is 1. The van der Waals surface area contributed by atoms with Crippen LogP contribution in [0.3, 0.4) is 0 Å². The summed E-state index contributed by atoms with van der Waals surface area (Å²) < 4.78 is 6.06. The SMILES string of the molecule is CC[C@@H]1Cc2ccc(OCCc3cccc(C)n3)cc2Cc2ccccc21. The summed E-state index contributed by atoms with van der Waals surface area (Å²) in [4.78, 5) is 4.55. The van der Waals surface area contributed by atoms with Crippen molar-refractivity contribution in [3.05, 3.63) is 94.3 Å². The molecular formula is C25H27NO. The van der Waals surface area contributed by atoms with Crippen molar-refractivity contribution < 1.29 is 4.74 Å². The standard InChI is InChI=1S/C25H27NO/c1-3-19-15-20-11-12-24(27-14-13-23-9-6-7-18(2)26-23)17-22(20)16-21-8-4-5-10-25(19)21/h4-12,17,19H,3,13-16H2,1-2H3/t19-/m1/s1. The summed E-state index contributed by atoms with van der Waals surface area (Å²) in [6.45, 7) is 4.98. The van der Waals surface area contributed by atoms with Crippen LogP contribution in [-0.4, -0.2) is 11.6 Å². The van der Waals surface area contributed by atoms with Gasteiger partial charge in [-0.3, -0.25) is 4.98 Å². The zero-order valence-electron chi connectivity index (χ0n) is 16.2. The van der Waals surface area contributed by atoms with Gasteiger partial charge in [-0.25, -0.2) is 0 Å². The van der Waals surface area contributed by atoms with Gasteiger partial charge in [0.05, 0.1) is 6.61 Å². The molecule has 0 bridgehead atoms. The molecule has 0 amide bonds. The Morgan fingerprint density at radius 3 is 2.70 bits per heavy atom. The van der Waals surface area contributed by atoms with E-state index in [1.165, 1.54) is 28.7 Å². The summed E-state index contributed by atoms with van der Waals surface area (Å²) in [5.41, 5.74) is 8.00. The minimum atomic E-state index is 0.613. The highest BCUT2D eigenvalue weighted by molar-refractivity contribution is 5.45. The maximum absolute atomic E-state index is 6.06. The minimum absolute atomic E-state index is 0.613. The fourth-order valence-corrected chi connectivity index (χ4v) is 4.11. The number of hydrogen-bond donors (Lipinski definition) is 0. The lowest BCUT2D eigenvalue weighted by Gasteiger charge is -2.15. The number of benzene rings is 2. The van der Waals surface area contributed by atoms with Gasteiger partial charge in [0.1, 0.15) is 5.75 Å². The van der Waals surface area contributed by atoms with Crippen molar-refractivity contribution in [2.45, 2.75) is 45.4 Å². The monoisotopic (exact) mass is 357 g/mol. The Balaban J connectivity index is 1.50. The molecule has 1 aromatic heterocycles. The summed E-state index contributed by atoms with van der Waals surface area (Å²) in [5, 5.41) is 0. The highest BCUT2D eigenvalue weighted by Gasteiger charge is 2.20. The summed E-state index contributed by atoms with van der Waals surface area (Å²) in [6, 6.07) is 21.7. The molecule has 1 aliphatic rings. The smallest absolute Gasteiger partial charge is 0.119 e. The molecule has 2 heteroatoms. The number of aryl methyl sites for hydroxylation is 1. The second-order valence-electron chi connectivity index (χ2n) is 7.48. The van der Waals surface area contributed by atoms with Gasteiger partial charge in [-0.05, 0) is 78.6 Å². The van der Waals surface area contributed by atoms with E-state index in [2.05, 4.69) is 66.5 Å². The average Bonchev–Trinajstić information content (AvgIpc) is 2.84. The Morgan fingerprint density at radius 1 is 0.963 bits per heavy atom. The van der Waals surface area contributed by atoms with Crippen LogP contribution in [-0.2, 0) is 19.3 Å². The Bertz CT molecular complexity index is 931. The molecule has 2 nitrogen and oxygen atoms in total. The lowest BCUT2D eigenvalue weighted by Crippen LogP contribution is -2.04. The van der Waals surface area contributed by atoms with Crippen molar-refractivity contribution in [2.75, 3.05) is 6.61 Å². The van der Waals surface area contributed by atoms with Gasteiger partial charge in [0.25, 0.3) is 0 Å². The number of nitrogens with zero attached hydrogens (tertiary/aromatic N) is 1. The molecule has 0 radical (unpaired) electrons. The van der Waals surface area contributed by atoms with Crippen molar-refractivity contribution in [3.8, 4) is 5.75 Å². The van der Waals surface area contributed by atoms with E-state index in [0.29, 0.717) is 12.5 Å². The molecule has 1 heterocycles. The van der Waals surface area contributed by atoms with E-state index in [0.717, 1.165) is 36.4 Å². The van der Waals surface area contributed by atoms with Gasteiger partial charge in [-0.2, -0.15) is 0 Å². The van der Waals surface area contributed by atoms with E-state index in [9.17, 15) is 0 Å². The molecule has 0 saturated heterocycles. The number of fused-ring (bicyclic) bond motifs is 2. The molecule has 0 spiro atoms. The van der Waals surface area contributed by atoms with E-state index in [-0.39, 0.29) is 0 Å². The third kappa shape index (κ3) is 4.05. The molecule has 0 unspecified atom stereocenters. The van der Waals surface area contributed by atoms with Crippen molar-refractivity contribution in [3.63, 3.8) is 0 Å². The first-order valence-corrected chi connectivity index (χ1v) is 9.98. The van der Waals surface area contributed by atoms with Crippen LogP contribution in [0.5, 0.6) is 5.75 Å². The summed E-state index contributed by atoms with van der Waals surface area (Å²) >= 11 is 0. The van der Waals surface area contributed by atoms with Crippen LogP contribution in [0.15, 0.2) is 60.7 Å². The molecule has 1 aliphatic carbocycles. The fraction of sp³-hybridized carbons (Fsp3) is 0.320. The van der Waals surface area contributed by atoms with Crippen molar-refractivity contribution in [1.82, 2.24) is 4.98 Å². The van der Waals surface area contributed by atoms with Crippen LogP contribution in [0, 0.1) is 6.92 Å². The molecule has 138 valence electrons. The maximum Gasteiger partial charge on any atom is 0.119 e. The lowest BCUT2D eigenvalue weighted by atomic mass is 9.89. The number of hydrogen-bond acceptors (Lipinski definition) is 2. The van der Waals surface area contributed by atoms with Gasteiger partial charge in [-0.15, -0.1) is 0 Å². The second kappa shape index (κ2) is 7.96. The Morgan fingerprint density at radius 2 is 1.85 bits per heavy atom. The summed E-state index contributed by atoms with van der Waals surface area (Å²) in [5.74, 6) is 1.58. The average molecular weight is 357 g/mol. The van der Waals surface area contributed by atoms with Crippen LogP contribution in [0.2, 0.25) is 0 Å². The zero-order valence-corrected chi connectivity index (χ0v) is 16.2. The topological polar surface area (TPSA) is 22.1 Å². The summed E-state index contributed by atoms with van der Waals surface area (Å²) in [6.07, 6.45) is 4.13. The molecule has 4 rings (SSSR count). The third-order valence-corrected chi connectivity index (χ3v) is 5.59. The Kier molecular flexibility index (Phi) is 5.24. The maximum atomic E-state index is 6.06. The van der Waals surface area contributed by atoms with Crippen molar-refractivity contribution in [2.24, 2.45) is 0 Å². The van der Waals surface area contributed by atoms with Crippen LogP contribution in [0.25, 0.3) is 0 Å². The van der Waals surface area contributed by atoms with Gasteiger partial charge < -0.3 is 4.74 Å². The van der Waals surface area contributed by atoms with Crippen LogP contribution < -0.4 is 4.74 Å². The normalized spacial score (nSPS) is 15.6. The molecule has 1 atom stereocenters. The molecule has 0 saturated carbocycles. The lowest BCUT2D eigenvalue weighted by molar-refractivity contribution is 0.320. The zero-order chi connectivity index (χ0) is 18.6. The minimum Gasteiger partial charge on any atom is -0.493 e. The molecule has 0 aliphatic heterocycles. The first kappa shape index (κ1) is 17.8. The van der Waals surface area contributed by atoms with E-state index < -0.39 is 0 Å². The second-order valence-corrected chi connectivity index (χ2v) is 7.48.